The van der Waals surface area contributed by atoms with Crippen LogP contribution in [-0.4, -0.2) is 66.0 Å². The normalized spacial score (nSPS) is 22.0. The number of carbonyl (C=O) groups excluding carboxylic acids is 2. The molecule has 1 aromatic rings. The average Bonchev–Trinajstić information content (AvgIpc) is 3.05. The van der Waals surface area contributed by atoms with Crippen molar-refractivity contribution in [2.45, 2.75) is 18.8 Å². The highest BCUT2D eigenvalue weighted by atomic mass is 16.5. The van der Waals surface area contributed by atoms with Crippen LogP contribution in [0.1, 0.15) is 24.3 Å². The molecule has 1 N–H and O–H groups in total. The van der Waals surface area contributed by atoms with Crippen LogP contribution < -0.4 is 4.74 Å². The van der Waals surface area contributed by atoms with E-state index in [1.165, 1.54) is 4.90 Å². The summed E-state index contributed by atoms with van der Waals surface area (Å²) in [4.78, 5) is 39.2. The summed E-state index contributed by atoms with van der Waals surface area (Å²) in [6.45, 7) is 0.983. The number of fused-ring (bicyclic) bond motifs is 1. The van der Waals surface area contributed by atoms with Gasteiger partial charge in [0.05, 0.1) is 12.5 Å². The van der Waals surface area contributed by atoms with Gasteiger partial charge < -0.3 is 19.6 Å². The maximum Gasteiger partial charge on any atom is 0.308 e. The summed E-state index contributed by atoms with van der Waals surface area (Å²) < 4.78 is 5.54. The first kappa shape index (κ1) is 17.3. The van der Waals surface area contributed by atoms with Gasteiger partial charge in [-0.1, -0.05) is 18.2 Å². The number of amides is 2. The molecule has 2 heterocycles. The van der Waals surface area contributed by atoms with Crippen molar-refractivity contribution in [3.05, 3.63) is 29.8 Å². The summed E-state index contributed by atoms with van der Waals surface area (Å²) in [6, 6.07) is 7.41. The molecule has 7 nitrogen and oxygen atoms in total. The van der Waals surface area contributed by atoms with Crippen molar-refractivity contribution in [2.75, 3.05) is 33.3 Å². The van der Waals surface area contributed by atoms with Crippen molar-refractivity contribution >= 4 is 17.8 Å². The van der Waals surface area contributed by atoms with E-state index >= 15 is 0 Å². The van der Waals surface area contributed by atoms with Gasteiger partial charge >= 0.3 is 5.97 Å². The van der Waals surface area contributed by atoms with Crippen LogP contribution in [-0.2, 0) is 14.4 Å². The van der Waals surface area contributed by atoms with Gasteiger partial charge in [-0.05, 0) is 18.9 Å². The number of rotatable bonds is 4. The largest absolute Gasteiger partial charge is 0.492 e. The first-order chi connectivity index (χ1) is 12.0. The zero-order valence-electron chi connectivity index (χ0n) is 14.2. The molecular weight excluding hydrogens is 324 g/mol. The summed E-state index contributed by atoms with van der Waals surface area (Å²) >= 11 is 0. The highest BCUT2D eigenvalue weighted by Crippen LogP contribution is 2.34. The number of para-hydroxylation sites is 1. The molecule has 7 heteroatoms. The highest BCUT2D eigenvalue weighted by Gasteiger charge is 2.34. The third-order valence-corrected chi connectivity index (χ3v) is 4.87. The lowest BCUT2D eigenvalue weighted by Gasteiger charge is -2.32. The van der Waals surface area contributed by atoms with E-state index in [4.69, 9.17) is 9.84 Å². The van der Waals surface area contributed by atoms with Gasteiger partial charge in [0, 0.05) is 25.7 Å². The minimum absolute atomic E-state index is 0.0517. The molecule has 2 unspecified atom stereocenters. The summed E-state index contributed by atoms with van der Waals surface area (Å²) in [5.41, 5.74) is 0.843. The Morgan fingerprint density at radius 1 is 1.32 bits per heavy atom. The number of aliphatic carboxylic acids is 1. The molecule has 0 radical (unpaired) electrons. The second-order valence-electron chi connectivity index (χ2n) is 6.61. The molecule has 3 rings (SSSR count). The number of nitrogens with zero attached hydrogens (tertiary/aromatic N) is 2. The van der Waals surface area contributed by atoms with Gasteiger partial charge in [0.25, 0.3) is 0 Å². The number of hydrogen-bond acceptors (Lipinski definition) is 4. The number of hydrogen-bond donors (Lipinski definition) is 1. The molecule has 2 aliphatic rings. The zero-order valence-corrected chi connectivity index (χ0v) is 14.2. The van der Waals surface area contributed by atoms with Crippen LogP contribution in [0.3, 0.4) is 0 Å². The fourth-order valence-corrected chi connectivity index (χ4v) is 3.42. The minimum Gasteiger partial charge on any atom is -0.492 e. The van der Waals surface area contributed by atoms with E-state index in [1.54, 1.807) is 11.9 Å². The van der Waals surface area contributed by atoms with Crippen molar-refractivity contribution < 1.29 is 24.2 Å². The second kappa shape index (κ2) is 7.13. The average molecular weight is 346 g/mol. The molecule has 2 atom stereocenters. The molecule has 25 heavy (non-hydrogen) atoms. The van der Waals surface area contributed by atoms with Gasteiger partial charge in [-0.2, -0.15) is 0 Å². The van der Waals surface area contributed by atoms with Crippen LogP contribution in [0.25, 0.3) is 0 Å². The van der Waals surface area contributed by atoms with Gasteiger partial charge in [-0.3, -0.25) is 14.4 Å². The molecule has 0 saturated carbocycles. The van der Waals surface area contributed by atoms with E-state index in [2.05, 4.69) is 0 Å². The molecule has 2 amide bonds. The fourth-order valence-electron chi connectivity index (χ4n) is 3.42. The summed E-state index contributed by atoms with van der Waals surface area (Å²) in [7, 11) is 1.60. The van der Waals surface area contributed by atoms with E-state index in [-0.39, 0.29) is 31.5 Å². The number of likely N-dealkylation sites (N-methyl/N-ethyl adjacent to an activating group) is 1. The lowest BCUT2D eigenvalue weighted by Crippen LogP contribution is -2.47. The Morgan fingerprint density at radius 2 is 2.08 bits per heavy atom. The van der Waals surface area contributed by atoms with Crippen LogP contribution in [0.2, 0.25) is 0 Å². The van der Waals surface area contributed by atoms with Gasteiger partial charge in [-0.25, -0.2) is 0 Å². The third-order valence-electron chi connectivity index (χ3n) is 4.87. The summed E-state index contributed by atoms with van der Waals surface area (Å²) in [5, 5.41) is 9.13. The Morgan fingerprint density at radius 3 is 2.84 bits per heavy atom. The SMILES string of the molecule is CN(CC(=O)N1CCCC(C(=O)O)C1)C(=O)C1COc2ccccc21. The lowest BCUT2D eigenvalue weighted by atomic mass is 9.98. The van der Waals surface area contributed by atoms with E-state index in [0.717, 1.165) is 5.56 Å². The molecule has 0 bridgehead atoms. The first-order valence-corrected chi connectivity index (χ1v) is 8.44. The smallest absolute Gasteiger partial charge is 0.308 e. The molecule has 0 aromatic heterocycles. The molecule has 2 aliphatic heterocycles. The maximum absolute atomic E-state index is 12.7. The molecule has 0 aliphatic carbocycles. The van der Waals surface area contributed by atoms with Crippen LogP contribution in [0.15, 0.2) is 24.3 Å². The number of ether oxygens (including phenoxy) is 1. The van der Waals surface area contributed by atoms with Crippen LogP contribution in [0.4, 0.5) is 0 Å². The Balaban J connectivity index is 1.60. The van der Waals surface area contributed by atoms with Gasteiger partial charge in [0.1, 0.15) is 18.3 Å². The summed E-state index contributed by atoms with van der Waals surface area (Å²) in [6.07, 6.45) is 1.26. The Kier molecular flexibility index (Phi) is 4.92. The quantitative estimate of drug-likeness (QED) is 0.877. The molecule has 1 aromatic carbocycles. The van der Waals surface area contributed by atoms with Crippen molar-refractivity contribution in [2.24, 2.45) is 5.92 Å². The van der Waals surface area contributed by atoms with Crippen molar-refractivity contribution in [3.63, 3.8) is 0 Å². The molecule has 0 spiro atoms. The van der Waals surface area contributed by atoms with Crippen molar-refractivity contribution in [3.8, 4) is 5.75 Å². The molecular formula is C18H22N2O5. The van der Waals surface area contributed by atoms with Crippen LogP contribution >= 0.6 is 0 Å². The number of likely N-dealkylation sites (tertiary alicyclic amines) is 1. The number of carbonyl (C=O) groups is 3. The lowest BCUT2D eigenvalue weighted by molar-refractivity contribution is -0.147. The van der Waals surface area contributed by atoms with E-state index in [1.807, 2.05) is 24.3 Å². The summed E-state index contributed by atoms with van der Waals surface area (Å²) in [5.74, 6) is -1.46. The van der Waals surface area contributed by atoms with E-state index < -0.39 is 17.8 Å². The van der Waals surface area contributed by atoms with Crippen molar-refractivity contribution in [1.29, 1.82) is 0 Å². The van der Waals surface area contributed by atoms with E-state index in [0.29, 0.717) is 25.1 Å². The van der Waals surface area contributed by atoms with Crippen molar-refractivity contribution in [1.82, 2.24) is 9.80 Å². The van der Waals surface area contributed by atoms with E-state index in [9.17, 15) is 14.4 Å². The molecule has 134 valence electrons. The Labute approximate surface area is 146 Å². The second-order valence-corrected chi connectivity index (χ2v) is 6.61. The topological polar surface area (TPSA) is 87.2 Å². The van der Waals surface area contributed by atoms with Crippen LogP contribution in [0, 0.1) is 5.92 Å². The van der Waals surface area contributed by atoms with Gasteiger partial charge in [0.15, 0.2) is 0 Å². The molecule has 1 saturated heterocycles. The molecule has 1 fully saturated rings. The number of carboxylic acid groups (broad SMARTS) is 1. The number of piperidine rings is 1. The predicted octanol–water partition coefficient (Wildman–Crippen LogP) is 0.944. The fraction of sp³-hybridized carbons (Fsp3) is 0.500. The standard InChI is InChI=1S/C18H22N2O5/c1-19(10-16(21)20-8-4-5-12(9-20)18(23)24)17(22)14-11-25-15-7-3-2-6-13(14)15/h2-3,6-7,12,14H,4-5,8-11H2,1H3,(H,23,24). The Bertz CT molecular complexity index is 690. The number of carboxylic acids is 1. The number of benzene rings is 1. The Hall–Kier alpha value is -2.57. The highest BCUT2D eigenvalue weighted by molar-refractivity contribution is 5.89. The van der Waals surface area contributed by atoms with Crippen LogP contribution in [0.5, 0.6) is 5.75 Å². The third kappa shape index (κ3) is 3.60. The van der Waals surface area contributed by atoms with Gasteiger partial charge in [0.2, 0.25) is 11.8 Å². The monoisotopic (exact) mass is 346 g/mol. The zero-order chi connectivity index (χ0) is 18.0. The predicted molar refractivity (Wildman–Crippen MR) is 89.3 cm³/mol. The minimum atomic E-state index is -0.873. The first-order valence-electron chi connectivity index (χ1n) is 8.44. The van der Waals surface area contributed by atoms with Gasteiger partial charge in [-0.15, -0.1) is 0 Å². The maximum atomic E-state index is 12.7.